The van der Waals surface area contributed by atoms with Gasteiger partial charge >= 0.3 is 5.97 Å². The fourth-order valence-electron chi connectivity index (χ4n) is 1.85. The Bertz CT molecular complexity index is 274. The monoisotopic (exact) mass is 196 g/mol. The van der Waals surface area contributed by atoms with Gasteiger partial charge in [-0.15, -0.1) is 0 Å². The summed E-state index contributed by atoms with van der Waals surface area (Å²) in [6.07, 6.45) is 0.328. The Morgan fingerprint density at radius 3 is 3.00 bits per heavy atom. The van der Waals surface area contributed by atoms with Crippen LogP contribution in [0.25, 0.3) is 0 Å². The lowest BCUT2D eigenvalue weighted by Gasteiger charge is -2.32. The van der Waals surface area contributed by atoms with Gasteiger partial charge in [-0.25, -0.2) is 0 Å². The molecule has 76 valence electrons. The first-order chi connectivity index (χ1) is 6.81. The number of cyclic esters (lactones) is 1. The highest BCUT2D eigenvalue weighted by Crippen LogP contribution is 2.17. The van der Waals surface area contributed by atoms with Crippen LogP contribution in [0, 0.1) is 11.3 Å². The van der Waals surface area contributed by atoms with Gasteiger partial charge in [-0.2, -0.15) is 5.26 Å². The van der Waals surface area contributed by atoms with Gasteiger partial charge in [0.2, 0.25) is 0 Å². The van der Waals surface area contributed by atoms with Gasteiger partial charge in [-0.3, -0.25) is 9.69 Å². The summed E-state index contributed by atoms with van der Waals surface area (Å²) in [4.78, 5) is 13.3. The predicted octanol–water partition coefficient (Wildman–Crippen LogP) is -0.474. The number of nitrogens with zero attached hydrogens (tertiary/aromatic N) is 2. The van der Waals surface area contributed by atoms with E-state index in [2.05, 4.69) is 6.07 Å². The van der Waals surface area contributed by atoms with Crippen molar-refractivity contribution in [2.45, 2.75) is 18.6 Å². The fraction of sp³-hybridized carbons (Fsp3) is 0.778. The quantitative estimate of drug-likeness (QED) is 0.530. The van der Waals surface area contributed by atoms with Gasteiger partial charge in [0.25, 0.3) is 0 Å². The Morgan fingerprint density at radius 2 is 2.36 bits per heavy atom. The third-order valence-corrected chi connectivity index (χ3v) is 2.59. The van der Waals surface area contributed by atoms with E-state index in [0.29, 0.717) is 26.3 Å². The van der Waals surface area contributed by atoms with Crippen LogP contribution >= 0.6 is 0 Å². The molecule has 0 aliphatic carbocycles. The van der Waals surface area contributed by atoms with Gasteiger partial charge in [0.1, 0.15) is 6.04 Å². The molecular weight excluding hydrogens is 184 g/mol. The maximum absolute atomic E-state index is 11.3. The first-order valence-corrected chi connectivity index (χ1v) is 4.73. The molecular formula is C9H12N2O3. The highest BCUT2D eigenvalue weighted by molar-refractivity contribution is 5.77. The lowest BCUT2D eigenvalue weighted by molar-refractivity contribution is -0.144. The van der Waals surface area contributed by atoms with Crippen molar-refractivity contribution in [2.24, 2.45) is 0 Å². The molecule has 2 aliphatic heterocycles. The summed E-state index contributed by atoms with van der Waals surface area (Å²) < 4.78 is 10.1. The zero-order valence-electron chi connectivity index (χ0n) is 7.81. The number of hydrogen-bond donors (Lipinski definition) is 0. The molecule has 0 saturated carbocycles. The summed E-state index contributed by atoms with van der Waals surface area (Å²) >= 11 is 0. The van der Waals surface area contributed by atoms with Crippen molar-refractivity contribution in [3.8, 4) is 6.07 Å². The topological polar surface area (TPSA) is 62.6 Å². The third-order valence-electron chi connectivity index (χ3n) is 2.59. The largest absolute Gasteiger partial charge is 0.464 e. The van der Waals surface area contributed by atoms with Gasteiger partial charge in [-0.1, -0.05) is 0 Å². The van der Waals surface area contributed by atoms with E-state index in [-0.39, 0.29) is 12.0 Å². The minimum Gasteiger partial charge on any atom is -0.464 e. The molecule has 0 bridgehead atoms. The number of morpholine rings is 1. The molecule has 0 aromatic rings. The Labute approximate surface area is 82.2 Å². The molecule has 5 heteroatoms. The van der Waals surface area contributed by atoms with Crippen molar-refractivity contribution < 1.29 is 14.3 Å². The summed E-state index contributed by atoms with van der Waals surface area (Å²) in [5.74, 6) is -0.163. The third kappa shape index (κ3) is 1.72. The van der Waals surface area contributed by atoms with E-state index in [1.54, 1.807) is 0 Å². The lowest BCUT2D eigenvalue weighted by atomic mass is 10.2. The van der Waals surface area contributed by atoms with E-state index in [1.165, 1.54) is 0 Å². The Morgan fingerprint density at radius 1 is 1.50 bits per heavy atom. The highest BCUT2D eigenvalue weighted by atomic mass is 16.5. The summed E-state index contributed by atoms with van der Waals surface area (Å²) in [5, 5.41) is 8.70. The van der Waals surface area contributed by atoms with Crippen LogP contribution in [0.3, 0.4) is 0 Å². The number of esters is 1. The molecule has 0 aromatic carbocycles. The average Bonchev–Trinajstić information content (AvgIpc) is 2.65. The Hall–Kier alpha value is -1.12. The maximum Gasteiger partial charge on any atom is 0.323 e. The molecule has 5 nitrogen and oxygen atoms in total. The van der Waals surface area contributed by atoms with Gasteiger partial charge in [-0.05, 0) is 0 Å². The van der Waals surface area contributed by atoms with E-state index >= 15 is 0 Å². The van der Waals surface area contributed by atoms with Crippen LogP contribution in [0.1, 0.15) is 6.42 Å². The first-order valence-electron chi connectivity index (χ1n) is 4.73. The van der Waals surface area contributed by atoms with Crippen LogP contribution in [-0.2, 0) is 14.3 Å². The first kappa shape index (κ1) is 9.44. The molecule has 2 atom stereocenters. The van der Waals surface area contributed by atoms with Crippen molar-refractivity contribution >= 4 is 5.97 Å². The van der Waals surface area contributed by atoms with Crippen molar-refractivity contribution in [3.63, 3.8) is 0 Å². The minimum absolute atomic E-state index is 0.158. The number of ether oxygens (including phenoxy) is 2. The maximum atomic E-state index is 11.3. The normalized spacial score (nSPS) is 33.8. The van der Waals surface area contributed by atoms with E-state index in [1.807, 2.05) is 4.90 Å². The molecule has 2 aliphatic rings. The van der Waals surface area contributed by atoms with Crippen LogP contribution in [0.4, 0.5) is 0 Å². The van der Waals surface area contributed by atoms with Gasteiger partial charge in [0.05, 0.1) is 19.3 Å². The van der Waals surface area contributed by atoms with E-state index in [4.69, 9.17) is 14.7 Å². The van der Waals surface area contributed by atoms with Crippen LogP contribution in [0.2, 0.25) is 0 Å². The second-order valence-corrected chi connectivity index (χ2v) is 3.46. The molecule has 0 amide bonds. The van der Waals surface area contributed by atoms with Gasteiger partial charge < -0.3 is 9.47 Å². The highest BCUT2D eigenvalue weighted by Gasteiger charge is 2.35. The molecule has 2 saturated heterocycles. The summed E-state index contributed by atoms with van der Waals surface area (Å²) in [5.41, 5.74) is 0. The second-order valence-electron chi connectivity index (χ2n) is 3.46. The van der Waals surface area contributed by atoms with Crippen LogP contribution in [0.5, 0.6) is 0 Å². The summed E-state index contributed by atoms with van der Waals surface area (Å²) in [6.45, 7) is 2.23. The molecule has 2 heterocycles. The van der Waals surface area contributed by atoms with Gasteiger partial charge in [0, 0.05) is 19.5 Å². The van der Waals surface area contributed by atoms with Crippen molar-refractivity contribution in [2.75, 3.05) is 26.3 Å². The number of hydrogen-bond acceptors (Lipinski definition) is 5. The summed E-state index contributed by atoms with van der Waals surface area (Å²) in [7, 11) is 0. The molecule has 14 heavy (non-hydrogen) atoms. The average molecular weight is 196 g/mol. The number of carbonyl (C=O) groups is 1. The van der Waals surface area contributed by atoms with Crippen LogP contribution in [0.15, 0.2) is 0 Å². The SMILES string of the molecule is N#CC1CN(C2CCOC2=O)CCO1. The number of carbonyl (C=O) groups excluding carboxylic acids is 1. The zero-order valence-corrected chi connectivity index (χ0v) is 7.81. The molecule has 2 unspecified atom stereocenters. The Balaban J connectivity index is 1.97. The van der Waals surface area contributed by atoms with Crippen LogP contribution in [-0.4, -0.2) is 49.3 Å². The second kappa shape index (κ2) is 3.95. The molecule has 0 aromatic heterocycles. The smallest absolute Gasteiger partial charge is 0.323 e. The summed E-state index contributed by atoms with van der Waals surface area (Å²) in [6, 6.07) is 1.90. The molecule has 2 fully saturated rings. The number of rotatable bonds is 1. The number of nitriles is 1. The van der Waals surface area contributed by atoms with E-state index in [0.717, 1.165) is 6.42 Å². The van der Waals surface area contributed by atoms with Crippen LogP contribution < -0.4 is 0 Å². The minimum atomic E-state index is -0.405. The van der Waals surface area contributed by atoms with Crippen molar-refractivity contribution in [1.82, 2.24) is 4.90 Å². The molecule has 0 N–H and O–H groups in total. The molecule has 0 spiro atoms. The van der Waals surface area contributed by atoms with Gasteiger partial charge in [0.15, 0.2) is 6.10 Å². The molecule has 2 rings (SSSR count). The zero-order chi connectivity index (χ0) is 9.97. The van der Waals surface area contributed by atoms with Crippen molar-refractivity contribution in [1.29, 1.82) is 5.26 Å². The van der Waals surface area contributed by atoms with E-state index < -0.39 is 6.10 Å². The predicted molar refractivity (Wildman–Crippen MR) is 46.3 cm³/mol. The standard InChI is InChI=1S/C9H12N2O3/c10-5-7-6-11(2-4-13-7)8-1-3-14-9(8)12/h7-8H,1-4,6H2. The Kier molecular flexibility index (Phi) is 2.66. The molecule has 0 radical (unpaired) electrons. The van der Waals surface area contributed by atoms with Crippen molar-refractivity contribution in [3.05, 3.63) is 0 Å². The fourth-order valence-corrected chi connectivity index (χ4v) is 1.85. The lowest BCUT2D eigenvalue weighted by Crippen LogP contribution is -2.48. The van der Waals surface area contributed by atoms with E-state index in [9.17, 15) is 4.79 Å².